The Bertz CT molecular complexity index is 268. The maximum absolute atomic E-state index is 5.76. The van der Waals surface area contributed by atoms with E-state index in [2.05, 4.69) is 13.8 Å². The van der Waals surface area contributed by atoms with Gasteiger partial charge in [0.2, 0.25) is 0 Å². The number of benzene rings is 1. The van der Waals surface area contributed by atoms with E-state index in [1.165, 1.54) is 19.3 Å². The average Bonchev–Trinajstić information content (AvgIpc) is 2.22. The van der Waals surface area contributed by atoms with Crippen molar-refractivity contribution in [2.24, 2.45) is 0 Å². The Labute approximate surface area is 92.4 Å². The first kappa shape index (κ1) is 11.9. The van der Waals surface area contributed by atoms with Crippen LogP contribution in [0, 0.1) is 0 Å². The molecular formula is C13H21NO. The van der Waals surface area contributed by atoms with E-state index in [0.29, 0.717) is 6.10 Å². The van der Waals surface area contributed by atoms with E-state index >= 15 is 0 Å². The van der Waals surface area contributed by atoms with Gasteiger partial charge in [0, 0.05) is 5.69 Å². The highest BCUT2D eigenvalue weighted by atomic mass is 16.5. The van der Waals surface area contributed by atoms with Crippen molar-refractivity contribution in [3.63, 3.8) is 0 Å². The molecule has 0 aliphatic heterocycles. The van der Waals surface area contributed by atoms with E-state index in [1.807, 2.05) is 24.3 Å². The second-order valence-corrected chi connectivity index (χ2v) is 3.99. The fourth-order valence-electron chi connectivity index (χ4n) is 1.52. The summed E-state index contributed by atoms with van der Waals surface area (Å²) in [6.45, 7) is 4.33. The molecule has 2 nitrogen and oxygen atoms in total. The molecule has 1 aromatic rings. The molecule has 0 bridgehead atoms. The zero-order valence-corrected chi connectivity index (χ0v) is 9.70. The molecule has 0 saturated carbocycles. The van der Waals surface area contributed by atoms with E-state index in [1.54, 1.807) is 0 Å². The summed E-state index contributed by atoms with van der Waals surface area (Å²) in [4.78, 5) is 0. The number of hydrogen-bond donors (Lipinski definition) is 1. The zero-order valence-electron chi connectivity index (χ0n) is 9.70. The maximum Gasteiger partial charge on any atom is 0.119 e. The van der Waals surface area contributed by atoms with Gasteiger partial charge in [-0.1, -0.05) is 19.8 Å². The minimum Gasteiger partial charge on any atom is -0.491 e. The minimum absolute atomic E-state index is 0.292. The van der Waals surface area contributed by atoms with E-state index in [9.17, 15) is 0 Å². The number of nitrogen functional groups attached to an aromatic ring is 1. The summed E-state index contributed by atoms with van der Waals surface area (Å²) < 4.78 is 5.76. The SMILES string of the molecule is CCCCC[C@@H](C)Oc1ccc(N)cc1. The first-order valence-electron chi connectivity index (χ1n) is 5.74. The predicted molar refractivity (Wildman–Crippen MR) is 65.1 cm³/mol. The Morgan fingerprint density at radius 1 is 1.20 bits per heavy atom. The number of rotatable bonds is 6. The van der Waals surface area contributed by atoms with Crippen LogP contribution in [0.3, 0.4) is 0 Å². The summed E-state index contributed by atoms with van der Waals surface area (Å²) in [5, 5.41) is 0. The van der Waals surface area contributed by atoms with Crippen LogP contribution in [0.2, 0.25) is 0 Å². The molecule has 0 unspecified atom stereocenters. The lowest BCUT2D eigenvalue weighted by atomic mass is 10.1. The minimum atomic E-state index is 0.292. The Morgan fingerprint density at radius 3 is 2.47 bits per heavy atom. The zero-order chi connectivity index (χ0) is 11.1. The van der Waals surface area contributed by atoms with Crippen LogP contribution in [-0.2, 0) is 0 Å². The number of anilines is 1. The summed E-state index contributed by atoms with van der Waals surface area (Å²) in [6, 6.07) is 7.58. The van der Waals surface area contributed by atoms with Gasteiger partial charge in [0.1, 0.15) is 5.75 Å². The third kappa shape index (κ3) is 4.73. The molecule has 0 aliphatic rings. The molecule has 0 amide bonds. The van der Waals surface area contributed by atoms with Crippen LogP contribution >= 0.6 is 0 Å². The smallest absolute Gasteiger partial charge is 0.119 e. The molecule has 0 radical (unpaired) electrons. The number of nitrogens with two attached hydrogens (primary N) is 1. The van der Waals surface area contributed by atoms with Gasteiger partial charge in [0.25, 0.3) is 0 Å². The van der Waals surface area contributed by atoms with Gasteiger partial charge in [0.05, 0.1) is 6.10 Å². The Hall–Kier alpha value is -1.18. The lowest BCUT2D eigenvalue weighted by Gasteiger charge is -2.14. The normalized spacial score (nSPS) is 12.4. The van der Waals surface area contributed by atoms with Crippen LogP contribution < -0.4 is 10.5 Å². The van der Waals surface area contributed by atoms with Gasteiger partial charge in [-0.3, -0.25) is 0 Å². The van der Waals surface area contributed by atoms with Gasteiger partial charge >= 0.3 is 0 Å². The first-order valence-corrected chi connectivity index (χ1v) is 5.74. The van der Waals surface area contributed by atoms with E-state index in [4.69, 9.17) is 10.5 Å². The molecule has 2 N–H and O–H groups in total. The van der Waals surface area contributed by atoms with Gasteiger partial charge in [-0.2, -0.15) is 0 Å². The van der Waals surface area contributed by atoms with Gasteiger partial charge in [0.15, 0.2) is 0 Å². The second kappa shape index (κ2) is 6.33. The molecule has 0 aliphatic carbocycles. The third-order valence-corrected chi connectivity index (χ3v) is 2.43. The molecular weight excluding hydrogens is 186 g/mol. The summed E-state index contributed by atoms with van der Waals surface area (Å²) in [5.74, 6) is 0.910. The number of hydrogen-bond acceptors (Lipinski definition) is 2. The van der Waals surface area contributed by atoms with Crippen LogP contribution in [0.25, 0.3) is 0 Å². The van der Waals surface area contributed by atoms with Crippen molar-refractivity contribution >= 4 is 5.69 Å². The van der Waals surface area contributed by atoms with Gasteiger partial charge in [-0.15, -0.1) is 0 Å². The average molecular weight is 207 g/mol. The maximum atomic E-state index is 5.76. The van der Waals surface area contributed by atoms with Crippen LogP contribution in [0.5, 0.6) is 5.75 Å². The molecule has 0 spiro atoms. The lowest BCUT2D eigenvalue weighted by molar-refractivity contribution is 0.206. The molecule has 2 heteroatoms. The highest BCUT2D eigenvalue weighted by molar-refractivity contribution is 5.41. The van der Waals surface area contributed by atoms with Gasteiger partial charge < -0.3 is 10.5 Å². The largest absolute Gasteiger partial charge is 0.491 e. The second-order valence-electron chi connectivity index (χ2n) is 3.99. The Kier molecular flexibility index (Phi) is 5.02. The van der Waals surface area contributed by atoms with Crippen molar-refractivity contribution in [2.45, 2.75) is 45.6 Å². The van der Waals surface area contributed by atoms with Crippen LogP contribution in [0.15, 0.2) is 24.3 Å². The van der Waals surface area contributed by atoms with Crippen LogP contribution in [0.4, 0.5) is 5.69 Å². The number of unbranched alkanes of at least 4 members (excludes halogenated alkanes) is 2. The molecule has 0 aromatic heterocycles. The van der Waals surface area contributed by atoms with Crippen molar-refractivity contribution in [3.8, 4) is 5.75 Å². The Balaban J connectivity index is 2.31. The highest BCUT2D eigenvalue weighted by Crippen LogP contribution is 2.16. The fourth-order valence-corrected chi connectivity index (χ4v) is 1.52. The third-order valence-electron chi connectivity index (χ3n) is 2.43. The molecule has 0 fully saturated rings. The van der Waals surface area contributed by atoms with Crippen molar-refractivity contribution in [1.29, 1.82) is 0 Å². The van der Waals surface area contributed by atoms with E-state index in [-0.39, 0.29) is 0 Å². The van der Waals surface area contributed by atoms with Gasteiger partial charge in [-0.05, 0) is 44.0 Å². The monoisotopic (exact) mass is 207 g/mol. The molecule has 15 heavy (non-hydrogen) atoms. The molecule has 1 rings (SSSR count). The van der Waals surface area contributed by atoms with Crippen molar-refractivity contribution < 1.29 is 4.74 Å². The van der Waals surface area contributed by atoms with Gasteiger partial charge in [-0.25, -0.2) is 0 Å². The van der Waals surface area contributed by atoms with E-state index in [0.717, 1.165) is 17.9 Å². The van der Waals surface area contributed by atoms with Crippen molar-refractivity contribution in [1.82, 2.24) is 0 Å². The molecule has 1 atom stereocenters. The number of ether oxygens (including phenoxy) is 1. The topological polar surface area (TPSA) is 35.2 Å². The summed E-state index contributed by atoms with van der Waals surface area (Å²) in [5.41, 5.74) is 6.38. The quantitative estimate of drug-likeness (QED) is 0.571. The molecule has 0 saturated heterocycles. The molecule has 1 aromatic carbocycles. The van der Waals surface area contributed by atoms with Crippen LogP contribution in [0.1, 0.15) is 39.5 Å². The molecule has 84 valence electrons. The lowest BCUT2D eigenvalue weighted by Crippen LogP contribution is -2.11. The van der Waals surface area contributed by atoms with E-state index < -0.39 is 0 Å². The van der Waals surface area contributed by atoms with Crippen molar-refractivity contribution in [2.75, 3.05) is 5.73 Å². The predicted octanol–water partition coefficient (Wildman–Crippen LogP) is 3.62. The summed E-state index contributed by atoms with van der Waals surface area (Å²) in [6.07, 6.45) is 5.20. The first-order chi connectivity index (χ1) is 7.22. The van der Waals surface area contributed by atoms with Crippen LogP contribution in [-0.4, -0.2) is 6.10 Å². The highest BCUT2D eigenvalue weighted by Gasteiger charge is 2.02. The summed E-state index contributed by atoms with van der Waals surface area (Å²) >= 11 is 0. The standard InChI is InChI=1S/C13H21NO/c1-3-4-5-6-11(2)15-13-9-7-12(14)8-10-13/h7-11H,3-6,14H2,1-2H3/t11-/m1/s1. The molecule has 0 heterocycles. The fraction of sp³-hybridized carbons (Fsp3) is 0.538. The van der Waals surface area contributed by atoms with Crippen molar-refractivity contribution in [3.05, 3.63) is 24.3 Å². The Morgan fingerprint density at radius 2 is 1.87 bits per heavy atom. The summed E-state index contributed by atoms with van der Waals surface area (Å²) in [7, 11) is 0.